The fraction of sp³-hybridized carbons (Fsp3) is 0.143. The Hall–Kier alpha value is -1.91. The summed E-state index contributed by atoms with van der Waals surface area (Å²) < 4.78 is 1.76. The minimum atomic E-state index is -0.0821. The highest BCUT2D eigenvalue weighted by Crippen LogP contribution is 2.25. The third kappa shape index (κ3) is 2.45. The lowest BCUT2D eigenvalue weighted by atomic mass is 10.0. The van der Waals surface area contributed by atoms with E-state index >= 15 is 0 Å². The lowest BCUT2D eigenvalue weighted by Gasteiger charge is -2.12. The smallest absolute Gasteiger partial charge is 0.155 e. The molecule has 0 radical (unpaired) electrons. The average Bonchev–Trinajstić information content (AvgIpc) is 2.85. The number of hydrogen-bond donors (Lipinski definition) is 1. The number of nitrogens with two attached hydrogens (primary N) is 1. The summed E-state index contributed by atoms with van der Waals surface area (Å²) in [6, 6.07) is 11.9. The van der Waals surface area contributed by atoms with Gasteiger partial charge in [0, 0.05) is 29.4 Å². The Morgan fingerprint density at radius 2 is 1.89 bits per heavy atom. The Morgan fingerprint density at radius 1 is 1.16 bits per heavy atom. The van der Waals surface area contributed by atoms with Crippen LogP contribution in [0.3, 0.4) is 0 Å². The summed E-state index contributed by atoms with van der Waals surface area (Å²) in [7, 11) is 0. The second-order valence-corrected chi connectivity index (χ2v) is 4.33. The zero-order valence-electron chi connectivity index (χ0n) is 10.5. The van der Waals surface area contributed by atoms with E-state index in [-0.39, 0.29) is 18.4 Å². The minimum absolute atomic E-state index is 0. The zero-order chi connectivity index (χ0) is 12.5. The van der Waals surface area contributed by atoms with Crippen LogP contribution in [0.15, 0.2) is 48.8 Å². The third-order valence-corrected chi connectivity index (χ3v) is 2.95. The molecule has 0 fully saturated rings. The minimum Gasteiger partial charge on any atom is -0.324 e. The Balaban J connectivity index is 0.00000133. The van der Waals surface area contributed by atoms with Crippen molar-refractivity contribution in [2.24, 2.45) is 5.73 Å². The first-order valence-electron chi connectivity index (χ1n) is 5.91. The summed E-state index contributed by atoms with van der Waals surface area (Å²) in [5.41, 5.74) is 9.87. The molecule has 0 aliphatic heterocycles. The number of rotatable bonds is 2. The standard InChI is InChI=1S/C14H14N4.ClH/c1-10(15)12-9-18-13(7-8-16-18)17-14(12)11-5-3-2-4-6-11;/h2-10H,15H2,1H3;1H/t10-;/m0./s1. The first-order valence-corrected chi connectivity index (χ1v) is 5.91. The molecule has 0 spiro atoms. The van der Waals surface area contributed by atoms with Crippen LogP contribution >= 0.6 is 12.4 Å². The molecule has 0 unspecified atom stereocenters. The van der Waals surface area contributed by atoms with Gasteiger partial charge in [-0.2, -0.15) is 5.10 Å². The van der Waals surface area contributed by atoms with Gasteiger partial charge in [0.1, 0.15) is 0 Å². The molecule has 1 aromatic carbocycles. The van der Waals surface area contributed by atoms with Crippen LogP contribution < -0.4 is 5.73 Å². The number of halogens is 1. The highest BCUT2D eigenvalue weighted by molar-refractivity contribution is 5.85. The predicted molar refractivity (Wildman–Crippen MR) is 78.3 cm³/mol. The molecule has 0 amide bonds. The van der Waals surface area contributed by atoms with Crippen LogP contribution in [-0.2, 0) is 0 Å². The molecule has 98 valence electrons. The van der Waals surface area contributed by atoms with Gasteiger partial charge in [-0.05, 0) is 6.92 Å². The molecule has 19 heavy (non-hydrogen) atoms. The Morgan fingerprint density at radius 3 is 2.58 bits per heavy atom. The van der Waals surface area contributed by atoms with Crippen LogP contribution in [0.5, 0.6) is 0 Å². The zero-order valence-corrected chi connectivity index (χ0v) is 11.3. The molecular formula is C14H15ClN4. The average molecular weight is 275 g/mol. The Labute approximate surface area is 117 Å². The van der Waals surface area contributed by atoms with Gasteiger partial charge in [-0.15, -0.1) is 12.4 Å². The van der Waals surface area contributed by atoms with Crippen LogP contribution in [0.1, 0.15) is 18.5 Å². The Bertz CT molecular complexity index is 676. The second kappa shape index (κ2) is 5.38. The first-order chi connectivity index (χ1) is 8.75. The van der Waals surface area contributed by atoms with Gasteiger partial charge in [0.15, 0.2) is 5.65 Å². The van der Waals surface area contributed by atoms with Crippen molar-refractivity contribution >= 4 is 18.1 Å². The number of fused-ring (bicyclic) bond motifs is 1. The molecular weight excluding hydrogens is 260 g/mol. The maximum atomic E-state index is 6.03. The van der Waals surface area contributed by atoms with Gasteiger partial charge in [0.25, 0.3) is 0 Å². The van der Waals surface area contributed by atoms with Crippen LogP contribution in [0.2, 0.25) is 0 Å². The maximum absolute atomic E-state index is 6.03. The highest BCUT2D eigenvalue weighted by atomic mass is 35.5. The second-order valence-electron chi connectivity index (χ2n) is 4.33. The van der Waals surface area contributed by atoms with Gasteiger partial charge < -0.3 is 5.73 Å². The van der Waals surface area contributed by atoms with Gasteiger partial charge in [0.05, 0.1) is 11.9 Å². The highest BCUT2D eigenvalue weighted by Gasteiger charge is 2.12. The predicted octanol–water partition coefficient (Wildman–Crippen LogP) is 2.84. The van der Waals surface area contributed by atoms with E-state index in [4.69, 9.17) is 5.73 Å². The summed E-state index contributed by atoms with van der Waals surface area (Å²) in [6.07, 6.45) is 3.69. The molecule has 5 heteroatoms. The van der Waals surface area contributed by atoms with E-state index in [1.165, 1.54) is 0 Å². The van der Waals surface area contributed by atoms with Crippen molar-refractivity contribution in [3.05, 3.63) is 54.4 Å². The van der Waals surface area contributed by atoms with Gasteiger partial charge in [-0.1, -0.05) is 30.3 Å². The van der Waals surface area contributed by atoms with Gasteiger partial charge in [0.2, 0.25) is 0 Å². The topological polar surface area (TPSA) is 56.2 Å². The quantitative estimate of drug-likeness (QED) is 0.782. The van der Waals surface area contributed by atoms with E-state index in [2.05, 4.69) is 10.1 Å². The third-order valence-electron chi connectivity index (χ3n) is 2.95. The molecule has 1 atom stereocenters. The molecule has 3 aromatic rings. The van der Waals surface area contributed by atoms with Crippen molar-refractivity contribution in [3.8, 4) is 11.3 Å². The van der Waals surface area contributed by atoms with E-state index < -0.39 is 0 Å². The molecule has 3 rings (SSSR count). The lowest BCUT2D eigenvalue weighted by molar-refractivity contribution is 0.790. The van der Waals surface area contributed by atoms with Gasteiger partial charge in [-0.25, -0.2) is 9.50 Å². The summed E-state index contributed by atoms with van der Waals surface area (Å²) in [5, 5.41) is 4.20. The summed E-state index contributed by atoms with van der Waals surface area (Å²) in [6.45, 7) is 1.96. The van der Waals surface area contributed by atoms with Crippen LogP contribution in [0, 0.1) is 0 Å². The molecule has 0 bridgehead atoms. The summed E-state index contributed by atoms with van der Waals surface area (Å²) in [5.74, 6) is 0. The molecule has 2 heterocycles. The van der Waals surface area contributed by atoms with E-state index in [0.717, 1.165) is 22.5 Å². The molecule has 0 saturated carbocycles. The monoisotopic (exact) mass is 274 g/mol. The fourth-order valence-electron chi connectivity index (χ4n) is 2.03. The summed E-state index contributed by atoms with van der Waals surface area (Å²) >= 11 is 0. The normalized spacial score (nSPS) is 12.1. The molecule has 0 aliphatic carbocycles. The van der Waals surface area contributed by atoms with E-state index in [1.807, 2.05) is 49.5 Å². The van der Waals surface area contributed by atoms with Crippen molar-refractivity contribution < 1.29 is 0 Å². The number of benzene rings is 1. The van der Waals surface area contributed by atoms with Crippen molar-refractivity contribution in [1.29, 1.82) is 0 Å². The molecule has 2 N–H and O–H groups in total. The van der Waals surface area contributed by atoms with Gasteiger partial charge >= 0.3 is 0 Å². The molecule has 0 saturated heterocycles. The summed E-state index contributed by atoms with van der Waals surface area (Å²) in [4.78, 5) is 4.65. The molecule has 4 nitrogen and oxygen atoms in total. The maximum Gasteiger partial charge on any atom is 0.155 e. The van der Waals surface area contributed by atoms with E-state index in [1.54, 1.807) is 10.7 Å². The van der Waals surface area contributed by atoms with Gasteiger partial charge in [-0.3, -0.25) is 0 Å². The van der Waals surface area contributed by atoms with Crippen molar-refractivity contribution in [3.63, 3.8) is 0 Å². The lowest BCUT2D eigenvalue weighted by Crippen LogP contribution is -2.10. The molecule has 2 aromatic heterocycles. The number of aromatic nitrogens is 3. The fourth-order valence-corrected chi connectivity index (χ4v) is 2.03. The SMILES string of the molecule is C[C@H](N)c1cn2nccc2nc1-c1ccccc1.Cl. The number of hydrogen-bond acceptors (Lipinski definition) is 3. The number of nitrogens with zero attached hydrogens (tertiary/aromatic N) is 3. The Kier molecular flexibility index (Phi) is 3.83. The van der Waals surface area contributed by atoms with E-state index in [0.29, 0.717) is 0 Å². The largest absolute Gasteiger partial charge is 0.324 e. The van der Waals surface area contributed by atoms with Crippen molar-refractivity contribution in [1.82, 2.24) is 14.6 Å². The van der Waals surface area contributed by atoms with Crippen molar-refractivity contribution in [2.75, 3.05) is 0 Å². The van der Waals surface area contributed by atoms with Crippen molar-refractivity contribution in [2.45, 2.75) is 13.0 Å². The van der Waals surface area contributed by atoms with Crippen LogP contribution in [0.4, 0.5) is 0 Å². The first kappa shape index (κ1) is 13.5. The van der Waals surface area contributed by atoms with E-state index in [9.17, 15) is 0 Å². The molecule has 0 aliphatic rings. The van der Waals surface area contributed by atoms with Crippen LogP contribution in [0.25, 0.3) is 16.9 Å². The van der Waals surface area contributed by atoms with Crippen LogP contribution in [-0.4, -0.2) is 14.6 Å².